The fourth-order valence-electron chi connectivity index (χ4n) is 2.95. The Hall–Kier alpha value is -4.01. The first-order chi connectivity index (χ1) is 13.3. The second kappa shape index (κ2) is 6.06. The first-order valence-corrected chi connectivity index (χ1v) is 8.28. The van der Waals surface area contributed by atoms with Gasteiger partial charge < -0.3 is 0 Å². The monoisotopic (exact) mass is 355 g/mol. The quantitative estimate of drug-likeness (QED) is 0.529. The lowest BCUT2D eigenvalue weighted by Gasteiger charge is -2.06. The third kappa shape index (κ3) is 2.61. The molecule has 0 saturated carbocycles. The van der Waals surface area contributed by atoms with Gasteiger partial charge in [-0.15, -0.1) is 5.10 Å². The Balaban J connectivity index is 1.78. The highest BCUT2D eigenvalue weighted by Crippen LogP contribution is 2.31. The van der Waals surface area contributed by atoms with Gasteiger partial charge in [-0.05, 0) is 47.7 Å². The Kier molecular flexibility index (Phi) is 3.42. The molecule has 5 rings (SSSR count). The van der Waals surface area contributed by atoms with E-state index in [0.717, 1.165) is 28.4 Å². The van der Waals surface area contributed by atoms with Crippen molar-refractivity contribution >= 4 is 5.65 Å². The summed E-state index contributed by atoms with van der Waals surface area (Å²) in [7, 11) is 0. The molecule has 9 nitrogen and oxygen atoms in total. The van der Waals surface area contributed by atoms with E-state index in [1.165, 1.54) is 0 Å². The van der Waals surface area contributed by atoms with Gasteiger partial charge in [0.2, 0.25) is 5.82 Å². The minimum atomic E-state index is 0.404. The van der Waals surface area contributed by atoms with E-state index in [-0.39, 0.29) is 0 Å². The number of aryl methyl sites for hydroxylation is 1. The number of nitrogens with one attached hydrogen (secondary N) is 1. The van der Waals surface area contributed by atoms with Crippen molar-refractivity contribution < 1.29 is 0 Å². The zero-order valence-electron chi connectivity index (χ0n) is 14.3. The van der Waals surface area contributed by atoms with Crippen LogP contribution in [-0.2, 0) is 0 Å². The molecule has 0 aliphatic carbocycles. The molecule has 0 spiro atoms. The van der Waals surface area contributed by atoms with E-state index in [1.54, 1.807) is 6.20 Å². The molecule has 27 heavy (non-hydrogen) atoms. The number of aromatic nitrogens is 9. The van der Waals surface area contributed by atoms with Crippen LogP contribution in [-0.4, -0.2) is 45.0 Å². The van der Waals surface area contributed by atoms with Crippen LogP contribution in [0, 0.1) is 6.92 Å². The van der Waals surface area contributed by atoms with Gasteiger partial charge in [0, 0.05) is 18.1 Å². The molecule has 0 aliphatic rings. The molecular formula is C18H13N9. The third-order valence-corrected chi connectivity index (χ3v) is 4.12. The molecule has 0 aliphatic heterocycles. The molecule has 5 heterocycles. The van der Waals surface area contributed by atoms with Crippen LogP contribution < -0.4 is 0 Å². The normalized spacial score (nSPS) is 11.1. The van der Waals surface area contributed by atoms with Gasteiger partial charge in [0.05, 0.1) is 11.4 Å². The SMILES string of the molecule is Cc1cccc(-c2nc3ccccn3c2-c2ccnc(-c3nnn[nH]3)n2)n1. The lowest BCUT2D eigenvalue weighted by molar-refractivity contribution is 0.881. The Labute approximate surface area is 153 Å². The van der Waals surface area contributed by atoms with E-state index < -0.39 is 0 Å². The zero-order valence-corrected chi connectivity index (χ0v) is 14.3. The zero-order chi connectivity index (χ0) is 18.2. The number of pyridine rings is 2. The van der Waals surface area contributed by atoms with Crippen molar-refractivity contribution in [3.8, 4) is 34.4 Å². The Morgan fingerprint density at radius 2 is 1.89 bits per heavy atom. The first kappa shape index (κ1) is 15.3. The molecule has 0 unspecified atom stereocenters. The number of rotatable bonds is 3. The first-order valence-electron chi connectivity index (χ1n) is 8.28. The summed E-state index contributed by atoms with van der Waals surface area (Å²) < 4.78 is 1.99. The van der Waals surface area contributed by atoms with Gasteiger partial charge in [0.15, 0.2) is 5.82 Å². The van der Waals surface area contributed by atoms with Crippen molar-refractivity contribution in [2.45, 2.75) is 6.92 Å². The summed E-state index contributed by atoms with van der Waals surface area (Å²) in [6.07, 6.45) is 3.63. The minimum absolute atomic E-state index is 0.404. The number of nitrogens with zero attached hydrogens (tertiary/aromatic N) is 8. The number of hydrogen-bond donors (Lipinski definition) is 1. The van der Waals surface area contributed by atoms with E-state index in [0.29, 0.717) is 17.3 Å². The van der Waals surface area contributed by atoms with E-state index in [1.807, 2.05) is 60.0 Å². The lowest BCUT2D eigenvalue weighted by atomic mass is 10.1. The molecule has 1 N–H and O–H groups in total. The molecule has 9 heteroatoms. The summed E-state index contributed by atoms with van der Waals surface area (Å²) in [4.78, 5) is 18.3. The summed E-state index contributed by atoms with van der Waals surface area (Å²) >= 11 is 0. The summed E-state index contributed by atoms with van der Waals surface area (Å²) in [6, 6.07) is 13.6. The van der Waals surface area contributed by atoms with Crippen molar-refractivity contribution in [1.29, 1.82) is 0 Å². The van der Waals surface area contributed by atoms with Gasteiger partial charge in [0.1, 0.15) is 17.0 Å². The van der Waals surface area contributed by atoms with Gasteiger partial charge in [-0.25, -0.2) is 20.1 Å². The molecule has 5 aromatic heterocycles. The third-order valence-electron chi connectivity index (χ3n) is 4.12. The van der Waals surface area contributed by atoms with Crippen LogP contribution in [0.4, 0.5) is 0 Å². The van der Waals surface area contributed by atoms with Crippen molar-refractivity contribution in [2.75, 3.05) is 0 Å². The molecule has 5 aromatic rings. The van der Waals surface area contributed by atoms with Crippen LogP contribution in [0.25, 0.3) is 40.1 Å². The standard InChI is InChI=1S/C18H13N9/c1-11-5-4-6-12(20-11)15-16(27-10-3-2-7-14(27)22-15)13-8-9-19-17(21-13)18-23-25-26-24-18/h2-10H,1H3,(H,23,24,25,26). The maximum absolute atomic E-state index is 4.78. The van der Waals surface area contributed by atoms with Gasteiger partial charge in [0.25, 0.3) is 0 Å². The van der Waals surface area contributed by atoms with E-state index in [2.05, 4.69) is 35.6 Å². The largest absolute Gasteiger partial charge is 0.298 e. The van der Waals surface area contributed by atoms with Crippen LogP contribution in [0.5, 0.6) is 0 Å². The summed E-state index contributed by atoms with van der Waals surface area (Å²) in [5.74, 6) is 0.812. The fraction of sp³-hybridized carbons (Fsp3) is 0.0556. The maximum Gasteiger partial charge on any atom is 0.217 e. The van der Waals surface area contributed by atoms with Gasteiger partial charge in [-0.2, -0.15) is 0 Å². The Bertz CT molecular complexity index is 1240. The molecule has 0 saturated heterocycles. The number of aromatic amines is 1. The van der Waals surface area contributed by atoms with Crippen molar-refractivity contribution in [3.05, 3.63) is 60.6 Å². The highest BCUT2D eigenvalue weighted by atomic mass is 15.5. The Morgan fingerprint density at radius 1 is 0.926 bits per heavy atom. The summed E-state index contributed by atoms with van der Waals surface area (Å²) in [5.41, 5.74) is 4.81. The van der Waals surface area contributed by atoms with Crippen LogP contribution >= 0.6 is 0 Å². The smallest absolute Gasteiger partial charge is 0.217 e. The number of H-pyrrole nitrogens is 1. The van der Waals surface area contributed by atoms with Crippen LogP contribution in [0.2, 0.25) is 0 Å². The van der Waals surface area contributed by atoms with Gasteiger partial charge in [-0.3, -0.25) is 9.38 Å². The average Bonchev–Trinajstić information content (AvgIpc) is 3.36. The Morgan fingerprint density at radius 3 is 2.74 bits per heavy atom. The minimum Gasteiger partial charge on any atom is -0.298 e. The van der Waals surface area contributed by atoms with Crippen LogP contribution in [0.3, 0.4) is 0 Å². The highest BCUT2D eigenvalue weighted by Gasteiger charge is 2.19. The van der Waals surface area contributed by atoms with Crippen LogP contribution in [0.1, 0.15) is 5.69 Å². The second-order valence-electron chi connectivity index (χ2n) is 5.92. The van der Waals surface area contributed by atoms with E-state index >= 15 is 0 Å². The lowest BCUT2D eigenvalue weighted by Crippen LogP contribution is -1.97. The van der Waals surface area contributed by atoms with E-state index in [4.69, 9.17) is 4.98 Å². The number of fused-ring (bicyclic) bond motifs is 1. The molecular weight excluding hydrogens is 342 g/mol. The fourth-order valence-corrected chi connectivity index (χ4v) is 2.95. The van der Waals surface area contributed by atoms with Crippen molar-refractivity contribution in [3.63, 3.8) is 0 Å². The molecule has 0 amide bonds. The number of tetrazole rings is 1. The molecule has 0 fully saturated rings. The van der Waals surface area contributed by atoms with Crippen molar-refractivity contribution in [1.82, 2.24) is 45.0 Å². The number of imidazole rings is 1. The molecule has 130 valence electrons. The topological polar surface area (TPSA) is 110 Å². The summed E-state index contributed by atoms with van der Waals surface area (Å²) in [6.45, 7) is 1.96. The predicted octanol–water partition coefficient (Wildman–Crippen LogP) is 2.34. The molecule has 0 radical (unpaired) electrons. The maximum atomic E-state index is 4.78. The molecule has 0 atom stereocenters. The van der Waals surface area contributed by atoms with E-state index in [9.17, 15) is 0 Å². The molecule has 0 aromatic carbocycles. The van der Waals surface area contributed by atoms with Crippen molar-refractivity contribution in [2.24, 2.45) is 0 Å². The van der Waals surface area contributed by atoms with Gasteiger partial charge >= 0.3 is 0 Å². The highest BCUT2D eigenvalue weighted by molar-refractivity contribution is 5.79. The number of hydrogen-bond acceptors (Lipinski definition) is 7. The summed E-state index contributed by atoms with van der Waals surface area (Å²) in [5, 5.41) is 13.7. The average molecular weight is 355 g/mol. The van der Waals surface area contributed by atoms with Gasteiger partial charge in [-0.1, -0.05) is 12.1 Å². The predicted molar refractivity (Wildman–Crippen MR) is 97.4 cm³/mol. The molecule has 0 bridgehead atoms. The van der Waals surface area contributed by atoms with Crippen LogP contribution in [0.15, 0.2) is 54.9 Å². The second-order valence-corrected chi connectivity index (χ2v) is 5.92.